The fourth-order valence-electron chi connectivity index (χ4n) is 1.14. The SMILES string of the molecule is CCC[Si](Br)(Br)c1ccccc1. The number of benzene rings is 1. The summed E-state index contributed by atoms with van der Waals surface area (Å²) in [4.78, 5) is 0. The summed E-state index contributed by atoms with van der Waals surface area (Å²) >= 11 is 7.61. The summed E-state index contributed by atoms with van der Waals surface area (Å²) in [5.74, 6) is 0. The van der Waals surface area contributed by atoms with E-state index in [-0.39, 0.29) is 0 Å². The van der Waals surface area contributed by atoms with Gasteiger partial charge in [-0.15, -0.1) is 30.6 Å². The molecule has 0 radical (unpaired) electrons. The van der Waals surface area contributed by atoms with Crippen LogP contribution >= 0.6 is 30.6 Å². The van der Waals surface area contributed by atoms with Gasteiger partial charge in [-0.2, -0.15) is 0 Å². The quantitative estimate of drug-likeness (QED) is 0.592. The zero-order chi connectivity index (χ0) is 9.03. The molecule has 3 heteroatoms. The number of rotatable bonds is 3. The van der Waals surface area contributed by atoms with Crippen LogP contribution < -0.4 is 5.19 Å². The van der Waals surface area contributed by atoms with Crippen molar-refractivity contribution in [3.8, 4) is 0 Å². The van der Waals surface area contributed by atoms with Crippen LogP contribution in [0.3, 0.4) is 0 Å². The van der Waals surface area contributed by atoms with E-state index in [4.69, 9.17) is 0 Å². The lowest BCUT2D eigenvalue weighted by Crippen LogP contribution is -2.34. The van der Waals surface area contributed by atoms with Gasteiger partial charge in [0.1, 0.15) is 0 Å². The third-order valence-corrected chi connectivity index (χ3v) is 9.19. The molecule has 0 aromatic heterocycles. The minimum Gasteiger partial charge on any atom is -0.105 e. The zero-order valence-corrected chi connectivity index (χ0v) is 11.2. The van der Waals surface area contributed by atoms with Gasteiger partial charge in [0.15, 0.2) is 0 Å². The van der Waals surface area contributed by atoms with E-state index in [0.29, 0.717) is 0 Å². The largest absolute Gasteiger partial charge is 0.230 e. The molecule has 0 nitrogen and oxygen atoms in total. The molecule has 66 valence electrons. The molecule has 0 saturated carbocycles. The third kappa shape index (κ3) is 2.71. The average Bonchev–Trinajstić information content (AvgIpc) is 2.06. The first-order valence-corrected chi connectivity index (χ1v) is 10.8. The summed E-state index contributed by atoms with van der Waals surface area (Å²) in [6.07, 6.45) is 1.22. The Balaban J connectivity index is 2.82. The van der Waals surface area contributed by atoms with Crippen LogP contribution in [0, 0.1) is 0 Å². The molecular formula is C9H12Br2Si. The second-order valence-electron chi connectivity index (χ2n) is 2.82. The highest BCUT2D eigenvalue weighted by molar-refractivity contribution is 9.51. The number of halogens is 2. The molecule has 0 N–H and O–H groups in total. The summed E-state index contributed by atoms with van der Waals surface area (Å²) < 4.78 is 0. The van der Waals surface area contributed by atoms with Gasteiger partial charge in [-0.3, -0.25) is 0 Å². The van der Waals surface area contributed by atoms with E-state index in [2.05, 4.69) is 67.8 Å². The minimum absolute atomic E-state index is 1.22. The Labute approximate surface area is 90.5 Å². The van der Waals surface area contributed by atoms with E-state index >= 15 is 0 Å². The van der Waals surface area contributed by atoms with Crippen molar-refractivity contribution in [3.63, 3.8) is 0 Å². The predicted molar refractivity (Wildman–Crippen MR) is 64.8 cm³/mol. The van der Waals surface area contributed by atoms with Crippen LogP contribution in [0.15, 0.2) is 30.3 Å². The highest BCUT2D eigenvalue weighted by Crippen LogP contribution is 2.26. The van der Waals surface area contributed by atoms with E-state index in [1.807, 2.05) is 0 Å². The molecule has 0 aliphatic carbocycles. The van der Waals surface area contributed by atoms with Gasteiger partial charge in [-0.25, -0.2) is 0 Å². The van der Waals surface area contributed by atoms with Crippen molar-refractivity contribution in [1.82, 2.24) is 0 Å². The lowest BCUT2D eigenvalue weighted by atomic mass is 10.4. The van der Waals surface area contributed by atoms with E-state index in [1.54, 1.807) is 0 Å². The van der Waals surface area contributed by atoms with Crippen molar-refractivity contribution >= 4 is 41.1 Å². The van der Waals surface area contributed by atoms with Crippen LogP contribution in [-0.2, 0) is 0 Å². The van der Waals surface area contributed by atoms with E-state index in [9.17, 15) is 0 Å². The summed E-state index contributed by atoms with van der Waals surface area (Å²) in [6.45, 7) is 2.22. The summed E-state index contributed by atoms with van der Waals surface area (Å²) in [5, 5.41) is -0.0314. The van der Waals surface area contributed by atoms with E-state index in [0.717, 1.165) is 0 Å². The highest BCUT2D eigenvalue weighted by atomic mass is 79.9. The Kier molecular flexibility index (Phi) is 4.00. The van der Waals surface area contributed by atoms with Gasteiger partial charge in [-0.05, 0) is 11.2 Å². The molecule has 1 rings (SSSR count). The van der Waals surface area contributed by atoms with Crippen molar-refractivity contribution in [3.05, 3.63) is 30.3 Å². The molecule has 12 heavy (non-hydrogen) atoms. The zero-order valence-electron chi connectivity index (χ0n) is 7.06. The van der Waals surface area contributed by atoms with Crippen molar-refractivity contribution in [2.24, 2.45) is 0 Å². The van der Waals surface area contributed by atoms with Crippen LogP contribution in [0.1, 0.15) is 13.3 Å². The maximum Gasteiger partial charge on any atom is 0.230 e. The fourth-order valence-corrected chi connectivity index (χ4v) is 6.70. The van der Waals surface area contributed by atoms with Gasteiger partial charge < -0.3 is 0 Å². The molecule has 0 saturated heterocycles. The molecule has 0 atom stereocenters. The van der Waals surface area contributed by atoms with Gasteiger partial charge in [0.25, 0.3) is 0 Å². The summed E-state index contributed by atoms with van der Waals surface area (Å²) in [6, 6.07) is 11.8. The monoisotopic (exact) mass is 306 g/mol. The predicted octanol–water partition coefficient (Wildman–Crippen LogP) is 3.54. The first-order valence-electron chi connectivity index (χ1n) is 4.10. The standard InChI is InChI=1S/C9H12Br2Si/c1-2-8-12(10,11)9-6-4-3-5-7-9/h3-7H,2,8H2,1H3. The lowest BCUT2D eigenvalue weighted by Gasteiger charge is -2.16. The van der Waals surface area contributed by atoms with Gasteiger partial charge in [0, 0.05) is 0 Å². The molecule has 0 spiro atoms. The molecule has 0 aliphatic rings. The Bertz CT molecular complexity index is 234. The lowest BCUT2D eigenvalue weighted by molar-refractivity contribution is 1.07. The van der Waals surface area contributed by atoms with Crippen LogP contribution in [0.2, 0.25) is 6.04 Å². The molecule has 1 aromatic rings. The van der Waals surface area contributed by atoms with E-state index < -0.39 is 5.31 Å². The van der Waals surface area contributed by atoms with Crippen LogP contribution in [0.5, 0.6) is 0 Å². The van der Waals surface area contributed by atoms with Crippen LogP contribution in [0.4, 0.5) is 0 Å². The second-order valence-corrected chi connectivity index (χ2v) is 16.6. The third-order valence-electron chi connectivity index (χ3n) is 1.76. The van der Waals surface area contributed by atoms with Gasteiger partial charge >= 0.3 is 0 Å². The highest BCUT2D eigenvalue weighted by Gasteiger charge is 2.27. The number of hydrogen-bond donors (Lipinski definition) is 0. The Morgan fingerprint density at radius 2 is 1.75 bits per heavy atom. The second kappa shape index (κ2) is 4.58. The smallest absolute Gasteiger partial charge is 0.105 e. The van der Waals surface area contributed by atoms with Crippen LogP contribution in [0.25, 0.3) is 0 Å². The van der Waals surface area contributed by atoms with Crippen molar-refractivity contribution in [1.29, 1.82) is 0 Å². The average molecular weight is 308 g/mol. The first kappa shape index (κ1) is 10.5. The first-order chi connectivity index (χ1) is 5.67. The summed E-state index contributed by atoms with van der Waals surface area (Å²) in [7, 11) is 0. The Hall–Kier alpha value is 0.397. The molecule has 0 unspecified atom stereocenters. The van der Waals surface area contributed by atoms with Gasteiger partial charge in [0.05, 0.1) is 0 Å². The molecule has 0 bridgehead atoms. The van der Waals surface area contributed by atoms with Gasteiger partial charge in [-0.1, -0.05) is 43.7 Å². The molecule has 0 aliphatic heterocycles. The van der Waals surface area contributed by atoms with Crippen LogP contribution in [-0.4, -0.2) is 5.31 Å². The van der Waals surface area contributed by atoms with Crippen molar-refractivity contribution in [2.75, 3.05) is 0 Å². The Morgan fingerprint density at radius 1 is 1.17 bits per heavy atom. The maximum atomic E-state index is 3.81. The fraction of sp³-hybridized carbons (Fsp3) is 0.333. The Morgan fingerprint density at radius 3 is 2.25 bits per heavy atom. The molecule has 0 fully saturated rings. The molecular weight excluding hydrogens is 296 g/mol. The summed E-state index contributed by atoms with van der Waals surface area (Å²) in [5.41, 5.74) is 0. The van der Waals surface area contributed by atoms with Crippen molar-refractivity contribution < 1.29 is 0 Å². The number of hydrogen-bond acceptors (Lipinski definition) is 0. The molecule has 0 amide bonds. The maximum absolute atomic E-state index is 3.81. The molecule has 1 aromatic carbocycles. The topological polar surface area (TPSA) is 0 Å². The van der Waals surface area contributed by atoms with Crippen molar-refractivity contribution in [2.45, 2.75) is 19.4 Å². The minimum atomic E-state index is -1.45. The normalized spacial score (nSPS) is 11.6. The van der Waals surface area contributed by atoms with Gasteiger partial charge in [0.2, 0.25) is 5.31 Å². The molecule has 0 heterocycles. The van der Waals surface area contributed by atoms with E-state index in [1.165, 1.54) is 17.7 Å².